The van der Waals surface area contributed by atoms with Gasteiger partial charge in [-0.25, -0.2) is 4.79 Å². The second-order valence-corrected chi connectivity index (χ2v) is 5.29. The lowest BCUT2D eigenvalue weighted by Crippen LogP contribution is -2.44. The molecule has 1 saturated heterocycles. The van der Waals surface area contributed by atoms with Crippen LogP contribution in [0.25, 0.3) is 0 Å². The van der Waals surface area contributed by atoms with Gasteiger partial charge in [0, 0.05) is 26.1 Å². The van der Waals surface area contributed by atoms with E-state index in [2.05, 4.69) is 5.32 Å². The second-order valence-electron chi connectivity index (χ2n) is 4.07. The minimum Gasteiger partial charge on any atom is -0.480 e. The van der Waals surface area contributed by atoms with Crippen molar-refractivity contribution in [1.29, 1.82) is 0 Å². The minimum absolute atomic E-state index is 0.0272. The Morgan fingerprint density at radius 1 is 1.47 bits per heavy atom. The van der Waals surface area contributed by atoms with E-state index in [1.807, 2.05) is 11.8 Å². The number of carboxylic acids is 1. The molecule has 0 aromatic carbocycles. The molecule has 1 aliphatic rings. The summed E-state index contributed by atoms with van der Waals surface area (Å²) in [5.74, 6) is 0.803. The zero-order valence-electron chi connectivity index (χ0n) is 9.98. The van der Waals surface area contributed by atoms with E-state index in [-0.39, 0.29) is 11.8 Å². The van der Waals surface area contributed by atoms with Crippen molar-refractivity contribution in [2.45, 2.75) is 25.3 Å². The molecule has 0 aliphatic carbocycles. The van der Waals surface area contributed by atoms with E-state index in [1.54, 1.807) is 0 Å². The van der Waals surface area contributed by atoms with Crippen LogP contribution in [0.4, 0.5) is 0 Å². The van der Waals surface area contributed by atoms with Gasteiger partial charge in [-0.05, 0) is 24.3 Å². The molecule has 1 atom stereocenters. The molecule has 2 N–H and O–H groups in total. The lowest BCUT2D eigenvalue weighted by atomic mass is 10.0. The predicted molar refractivity (Wildman–Crippen MR) is 66.1 cm³/mol. The molecule has 17 heavy (non-hydrogen) atoms. The van der Waals surface area contributed by atoms with Gasteiger partial charge in [-0.2, -0.15) is 11.8 Å². The highest BCUT2D eigenvalue weighted by molar-refractivity contribution is 7.99. The first-order valence-corrected chi connectivity index (χ1v) is 6.90. The van der Waals surface area contributed by atoms with Gasteiger partial charge in [-0.1, -0.05) is 0 Å². The zero-order chi connectivity index (χ0) is 12.7. The zero-order valence-corrected chi connectivity index (χ0v) is 10.8. The molecule has 0 spiro atoms. The highest BCUT2D eigenvalue weighted by atomic mass is 32.2. The van der Waals surface area contributed by atoms with Crippen LogP contribution in [0, 0.1) is 5.92 Å². The van der Waals surface area contributed by atoms with Gasteiger partial charge in [0.05, 0.1) is 0 Å². The van der Waals surface area contributed by atoms with Crippen LogP contribution in [0.5, 0.6) is 0 Å². The summed E-state index contributed by atoms with van der Waals surface area (Å²) in [6.07, 6.45) is 1.99. The van der Waals surface area contributed by atoms with Gasteiger partial charge in [-0.15, -0.1) is 0 Å². The number of carbonyl (C=O) groups excluding carboxylic acids is 1. The highest BCUT2D eigenvalue weighted by Crippen LogP contribution is 2.22. The SMILES string of the molecule is COCCC(NC(=O)C1CCSCC1)C(=O)O. The molecule has 0 aromatic heterocycles. The van der Waals surface area contributed by atoms with Crippen molar-refractivity contribution in [3.8, 4) is 0 Å². The number of thioether (sulfide) groups is 1. The van der Waals surface area contributed by atoms with E-state index in [1.165, 1.54) is 7.11 Å². The Hall–Kier alpha value is -0.750. The molecule has 1 heterocycles. The van der Waals surface area contributed by atoms with Gasteiger partial charge < -0.3 is 15.2 Å². The van der Waals surface area contributed by atoms with Crippen LogP contribution in [-0.4, -0.2) is 48.2 Å². The van der Waals surface area contributed by atoms with Gasteiger partial charge >= 0.3 is 5.97 Å². The molecule has 5 nitrogen and oxygen atoms in total. The number of carbonyl (C=O) groups is 2. The van der Waals surface area contributed by atoms with Crippen LogP contribution in [0.3, 0.4) is 0 Å². The van der Waals surface area contributed by atoms with Gasteiger partial charge in [0.2, 0.25) is 5.91 Å². The third kappa shape index (κ3) is 4.95. The fourth-order valence-corrected chi connectivity index (χ4v) is 2.85. The van der Waals surface area contributed by atoms with Crippen molar-refractivity contribution in [3.63, 3.8) is 0 Å². The molecule has 0 bridgehead atoms. The first-order chi connectivity index (χ1) is 8.15. The number of hydrogen-bond donors (Lipinski definition) is 2. The van der Waals surface area contributed by atoms with Crippen LogP contribution in [-0.2, 0) is 14.3 Å². The monoisotopic (exact) mass is 261 g/mol. The number of amides is 1. The Kier molecular flexibility index (Phi) is 6.36. The maximum Gasteiger partial charge on any atom is 0.326 e. The van der Waals surface area contributed by atoms with Crippen LogP contribution >= 0.6 is 11.8 Å². The second kappa shape index (κ2) is 7.55. The molecule has 1 rings (SSSR count). The number of carboxylic acid groups (broad SMARTS) is 1. The van der Waals surface area contributed by atoms with E-state index in [4.69, 9.17) is 9.84 Å². The number of nitrogens with one attached hydrogen (secondary N) is 1. The summed E-state index contributed by atoms with van der Waals surface area (Å²) in [5.41, 5.74) is 0. The molecule has 1 amide bonds. The van der Waals surface area contributed by atoms with E-state index in [9.17, 15) is 9.59 Å². The van der Waals surface area contributed by atoms with Crippen molar-refractivity contribution in [1.82, 2.24) is 5.32 Å². The number of ether oxygens (including phenoxy) is 1. The first-order valence-electron chi connectivity index (χ1n) is 5.75. The number of hydrogen-bond acceptors (Lipinski definition) is 4. The predicted octanol–water partition coefficient (Wildman–Crippen LogP) is 0.735. The Morgan fingerprint density at radius 2 is 2.12 bits per heavy atom. The lowest BCUT2D eigenvalue weighted by molar-refractivity contribution is -0.143. The van der Waals surface area contributed by atoms with Crippen molar-refractivity contribution < 1.29 is 19.4 Å². The summed E-state index contributed by atoms with van der Waals surface area (Å²) in [4.78, 5) is 22.8. The molecule has 0 aromatic rings. The maximum absolute atomic E-state index is 11.9. The van der Waals surface area contributed by atoms with Crippen LogP contribution in [0.1, 0.15) is 19.3 Å². The standard InChI is InChI=1S/C11H19NO4S/c1-16-5-2-9(11(14)15)12-10(13)8-3-6-17-7-4-8/h8-9H,2-7H2,1H3,(H,12,13)(H,14,15). The highest BCUT2D eigenvalue weighted by Gasteiger charge is 2.26. The summed E-state index contributed by atoms with van der Waals surface area (Å²) < 4.78 is 4.83. The molecule has 0 saturated carbocycles. The number of methoxy groups -OCH3 is 1. The maximum atomic E-state index is 11.9. The molecule has 98 valence electrons. The molecule has 1 fully saturated rings. The number of aliphatic carboxylic acids is 1. The third-order valence-electron chi connectivity index (χ3n) is 2.82. The summed E-state index contributed by atoms with van der Waals surface area (Å²) in [7, 11) is 1.51. The van der Waals surface area contributed by atoms with Crippen LogP contribution < -0.4 is 5.32 Å². The van der Waals surface area contributed by atoms with Crippen LogP contribution in [0.15, 0.2) is 0 Å². The quantitative estimate of drug-likeness (QED) is 0.737. The Bertz CT molecular complexity index is 266. The van der Waals surface area contributed by atoms with E-state index in [0.717, 1.165) is 24.3 Å². The van der Waals surface area contributed by atoms with Crippen molar-refractivity contribution in [3.05, 3.63) is 0 Å². The van der Waals surface area contributed by atoms with E-state index in [0.29, 0.717) is 13.0 Å². The Labute approximate surface area is 105 Å². The van der Waals surface area contributed by atoms with E-state index >= 15 is 0 Å². The van der Waals surface area contributed by atoms with Crippen molar-refractivity contribution in [2.75, 3.05) is 25.2 Å². The summed E-state index contributed by atoms with van der Waals surface area (Å²) in [5, 5.41) is 11.6. The molecule has 1 aliphatic heterocycles. The third-order valence-corrected chi connectivity index (χ3v) is 3.87. The fourth-order valence-electron chi connectivity index (χ4n) is 1.74. The van der Waals surface area contributed by atoms with Crippen molar-refractivity contribution >= 4 is 23.6 Å². The summed E-state index contributed by atoms with van der Waals surface area (Å²) >= 11 is 1.84. The van der Waals surface area contributed by atoms with Crippen molar-refractivity contribution in [2.24, 2.45) is 5.92 Å². The number of rotatable bonds is 6. The normalized spacial score (nSPS) is 18.6. The largest absolute Gasteiger partial charge is 0.480 e. The van der Waals surface area contributed by atoms with Crippen LogP contribution in [0.2, 0.25) is 0 Å². The van der Waals surface area contributed by atoms with E-state index < -0.39 is 12.0 Å². The summed E-state index contributed by atoms with van der Waals surface area (Å²) in [6, 6.07) is -0.836. The minimum atomic E-state index is -0.999. The van der Waals surface area contributed by atoms with Gasteiger partial charge in [-0.3, -0.25) is 4.79 Å². The topological polar surface area (TPSA) is 75.6 Å². The average Bonchev–Trinajstić information content (AvgIpc) is 2.35. The fraction of sp³-hybridized carbons (Fsp3) is 0.818. The lowest BCUT2D eigenvalue weighted by Gasteiger charge is -2.22. The molecular weight excluding hydrogens is 242 g/mol. The summed E-state index contributed by atoms with van der Waals surface area (Å²) in [6.45, 7) is 0.331. The van der Waals surface area contributed by atoms with Gasteiger partial charge in [0.1, 0.15) is 6.04 Å². The molecular formula is C11H19NO4S. The first kappa shape index (κ1) is 14.3. The van der Waals surface area contributed by atoms with Gasteiger partial charge in [0.15, 0.2) is 0 Å². The Balaban J connectivity index is 2.42. The van der Waals surface area contributed by atoms with Gasteiger partial charge in [0.25, 0.3) is 0 Å². The average molecular weight is 261 g/mol. The Morgan fingerprint density at radius 3 is 2.65 bits per heavy atom. The molecule has 0 radical (unpaired) electrons. The smallest absolute Gasteiger partial charge is 0.326 e. The molecule has 1 unspecified atom stereocenters. The molecule has 6 heteroatoms.